The molecule has 0 radical (unpaired) electrons. The van der Waals surface area contributed by atoms with Crippen molar-refractivity contribution in [1.29, 1.82) is 0 Å². The zero-order chi connectivity index (χ0) is 14.1. The number of halogens is 1. The minimum Gasteiger partial charge on any atom is -0.390 e. The molecule has 0 aliphatic heterocycles. The molecule has 2 N–H and O–H groups in total. The molecule has 1 aliphatic rings. The van der Waals surface area contributed by atoms with Gasteiger partial charge in [0.2, 0.25) is 0 Å². The van der Waals surface area contributed by atoms with Crippen LogP contribution >= 0.6 is 11.6 Å². The highest BCUT2D eigenvalue weighted by molar-refractivity contribution is 6.30. The highest BCUT2D eigenvalue weighted by atomic mass is 35.5. The number of nitrogens with one attached hydrogen (secondary N) is 1. The molecule has 0 bridgehead atoms. The summed E-state index contributed by atoms with van der Waals surface area (Å²) >= 11 is 6.05. The molecule has 2 aromatic rings. The van der Waals surface area contributed by atoms with E-state index in [9.17, 15) is 5.11 Å². The SMILES string of the molecule is CN[C@@H]1c2ccccc2[C@H](Cc2cccc(Cl)c2)C1O. The molecule has 3 rings (SSSR count). The average Bonchev–Trinajstić information content (AvgIpc) is 2.72. The second-order valence-electron chi connectivity index (χ2n) is 5.33. The van der Waals surface area contributed by atoms with Crippen LogP contribution in [0, 0.1) is 0 Å². The quantitative estimate of drug-likeness (QED) is 0.908. The first-order valence-corrected chi connectivity index (χ1v) is 7.27. The molecule has 1 unspecified atom stereocenters. The van der Waals surface area contributed by atoms with Crippen molar-refractivity contribution >= 4 is 11.6 Å². The van der Waals surface area contributed by atoms with Crippen molar-refractivity contribution < 1.29 is 5.11 Å². The maximum absolute atomic E-state index is 10.6. The van der Waals surface area contributed by atoms with E-state index >= 15 is 0 Å². The van der Waals surface area contributed by atoms with Crippen molar-refractivity contribution in [2.45, 2.75) is 24.5 Å². The summed E-state index contributed by atoms with van der Waals surface area (Å²) < 4.78 is 0. The third kappa shape index (κ3) is 2.35. The number of aliphatic hydroxyl groups excluding tert-OH is 1. The molecule has 0 amide bonds. The predicted molar refractivity (Wildman–Crippen MR) is 82.1 cm³/mol. The van der Waals surface area contributed by atoms with E-state index < -0.39 is 6.10 Å². The van der Waals surface area contributed by atoms with Crippen LogP contribution in [0.1, 0.15) is 28.7 Å². The van der Waals surface area contributed by atoms with Crippen molar-refractivity contribution in [2.24, 2.45) is 0 Å². The fourth-order valence-electron chi connectivity index (χ4n) is 3.21. The molecule has 0 saturated carbocycles. The molecule has 0 heterocycles. The van der Waals surface area contributed by atoms with Crippen molar-refractivity contribution in [2.75, 3.05) is 7.05 Å². The maximum atomic E-state index is 10.6. The van der Waals surface area contributed by atoms with Crippen LogP contribution in [0.4, 0.5) is 0 Å². The van der Waals surface area contributed by atoms with Crippen LogP contribution in [-0.2, 0) is 6.42 Å². The summed E-state index contributed by atoms with van der Waals surface area (Å²) in [4.78, 5) is 0. The van der Waals surface area contributed by atoms with E-state index in [4.69, 9.17) is 11.6 Å². The van der Waals surface area contributed by atoms with Gasteiger partial charge in [0.25, 0.3) is 0 Å². The van der Waals surface area contributed by atoms with Gasteiger partial charge < -0.3 is 10.4 Å². The van der Waals surface area contributed by atoms with E-state index in [1.165, 1.54) is 11.1 Å². The Balaban J connectivity index is 1.94. The van der Waals surface area contributed by atoms with Gasteiger partial charge in [0.15, 0.2) is 0 Å². The molecule has 0 fully saturated rings. The first kappa shape index (κ1) is 13.6. The molecule has 20 heavy (non-hydrogen) atoms. The minimum atomic E-state index is -0.406. The molecule has 0 aromatic heterocycles. The van der Waals surface area contributed by atoms with E-state index in [1.807, 2.05) is 37.4 Å². The second kappa shape index (κ2) is 5.57. The number of likely N-dealkylation sites (N-methyl/N-ethyl adjacent to an activating group) is 1. The Labute approximate surface area is 124 Å². The van der Waals surface area contributed by atoms with Crippen molar-refractivity contribution in [3.05, 3.63) is 70.2 Å². The van der Waals surface area contributed by atoms with Gasteiger partial charge in [-0.25, -0.2) is 0 Å². The van der Waals surface area contributed by atoms with Gasteiger partial charge in [-0.2, -0.15) is 0 Å². The molecule has 3 atom stereocenters. The Morgan fingerprint density at radius 3 is 2.55 bits per heavy atom. The van der Waals surface area contributed by atoms with Gasteiger partial charge in [-0.15, -0.1) is 0 Å². The summed E-state index contributed by atoms with van der Waals surface area (Å²) in [6.07, 6.45) is 0.396. The Kier molecular flexibility index (Phi) is 3.79. The topological polar surface area (TPSA) is 32.3 Å². The van der Waals surface area contributed by atoms with Crippen LogP contribution in [0.25, 0.3) is 0 Å². The number of hydrogen-bond acceptors (Lipinski definition) is 2. The Morgan fingerprint density at radius 2 is 1.85 bits per heavy atom. The third-order valence-electron chi connectivity index (χ3n) is 4.14. The Morgan fingerprint density at radius 1 is 1.10 bits per heavy atom. The third-order valence-corrected chi connectivity index (χ3v) is 4.38. The van der Waals surface area contributed by atoms with E-state index in [-0.39, 0.29) is 12.0 Å². The summed E-state index contributed by atoms with van der Waals surface area (Å²) in [5, 5.41) is 14.6. The monoisotopic (exact) mass is 287 g/mol. The van der Waals surface area contributed by atoms with Crippen molar-refractivity contribution in [3.63, 3.8) is 0 Å². The van der Waals surface area contributed by atoms with E-state index in [0.717, 1.165) is 17.0 Å². The normalized spacial score (nSPS) is 24.6. The molecule has 104 valence electrons. The largest absolute Gasteiger partial charge is 0.390 e. The molecule has 2 nitrogen and oxygen atoms in total. The van der Waals surface area contributed by atoms with Gasteiger partial charge in [0, 0.05) is 10.9 Å². The summed E-state index contributed by atoms with van der Waals surface area (Å²) in [6, 6.07) is 16.2. The summed E-state index contributed by atoms with van der Waals surface area (Å²) in [6.45, 7) is 0. The molecule has 2 aromatic carbocycles. The molecule has 0 spiro atoms. The minimum absolute atomic E-state index is 0.00961. The van der Waals surface area contributed by atoms with Crippen LogP contribution in [0.2, 0.25) is 5.02 Å². The summed E-state index contributed by atoms with van der Waals surface area (Å²) in [5.41, 5.74) is 3.60. The van der Waals surface area contributed by atoms with Crippen molar-refractivity contribution in [3.8, 4) is 0 Å². The fourth-order valence-corrected chi connectivity index (χ4v) is 3.42. The number of aliphatic hydroxyl groups is 1. The number of fused-ring (bicyclic) bond motifs is 1. The first-order valence-electron chi connectivity index (χ1n) is 6.89. The van der Waals surface area contributed by atoms with Crippen molar-refractivity contribution in [1.82, 2.24) is 5.32 Å². The van der Waals surface area contributed by atoms with Gasteiger partial charge in [-0.1, -0.05) is 48.0 Å². The number of benzene rings is 2. The lowest BCUT2D eigenvalue weighted by Gasteiger charge is -2.20. The predicted octanol–water partition coefficient (Wildman–Crippen LogP) is 3.30. The lowest BCUT2D eigenvalue weighted by molar-refractivity contribution is 0.118. The summed E-state index contributed by atoms with van der Waals surface area (Å²) in [7, 11) is 1.90. The van der Waals surface area contributed by atoms with E-state index in [1.54, 1.807) is 0 Å². The molecule has 1 aliphatic carbocycles. The highest BCUT2D eigenvalue weighted by Crippen LogP contribution is 2.42. The van der Waals surface area contributed by atoms with Crippen LogP contribution < -0.4 is 5.32 Å². The standard InChI is InChI=1S/C17H18ClNO/c1-19-16-14-8-3-2-7-13(14)15(17(16)20)10-11-5-4-6-12(18)9-11/h2-9,15-17,19-20H,10H2,1H3/t15-,16+,17?/m0/s1. The maximum Gasteiger partial charge on any atom is 0.0806 e. The first-order chi connectivity index (χ1) is 9.70. The molecule has 0 saturated heterocycles. The molecular formula is C17H18ClNO. The Bertz CT molecular complexity index is 613. The fraction of sp³-hybridized carbons (Fsp3) is 0.294. The summed E-state index contributed by atoms with van der Waals surface area (Å²) in [5.74, 6) is 0.113. The van der Waals surface area contributed by atoms with Gasteiger partial charge in [-0.05, 0) is 42.3 Å². The highest BCUT2D eigenvalue weighted by Gasteiger charge is 2.38. The number of hydrogen-bond donors (Lipinski definition) is 2. The van der Waals surface area contributed by atoms with Gasteiger partial charge in [-0.3, -0.25) is 0 Å². The second-order valence-corrected chi connectivity index (χ2v) is 5.76. The zero-order valence-corrected chi connectivity index (χ0v) is 12.1. The van der Waals surface area contributed by atoms with Gasteiger partial charge in [0.1, 0.15) is 0 Å². The van der Waals surface area contributed by atoms with Crippen LogP contribution in [0.3, 0.4) is 0 Å². The lowest BCUT2D eigenvalue weighted by atomic mass is 9.92. The van der Waals surface area contributed by atoms with Crippen LogP contribution in [0.5, 0.6) is 0 Å². The average molecular weight is 288 g/mol. The van der Waals surface area contributed by atoms with E-state index in [2.05, 4.69) is 23.5 Å². The lowest BCUT2D eigenvalue weighted by Crippen LogP contribution is -2.28. The molecule has 3 heteroatoms. The van der Waals surface area contributed by atoms with Crippen LogP contribution in [-0.4, -0.2) is 18.3 Å². The zero-order valence-electron chi connectivity index (χ0n) is 11.4. The molecular weight excluding hydrogens is 270 g/mol. The Hall–Kier alpha value is -1.35. The van der Waals surface area contributed by atoms with Gasteiger partial charge >= 0.3 is 0 Å². The smallest absolute Gasteiger partial charge is 0.0806 e. The van der Waals surface area contributed by atoms with Crippen LogP contribution in [0.15, 0.2) is 48.5 Å². The number of rotatable bonds is 3. The van der Waals surface area contributed by atoms with E-state index in [0.29, 0.717) is 0 Å². The van der Waals surface area contributed by atoms with Gasteiger partial charge in [0.05, 0.1) is 12.1 Å².